The number of nitrogens with zero attached hydrogens (tertiary/aromatic N) is 3. The van der Waals surface area contributed by atoms with E-state index in [1.807, 2.05) is 74.5 Å². The molecule has 0 amide bonds. The number of fused-ring (bicyclic) bond motifs is 1. The van der Waals surface area contributed by atoms with E-state index in [9.17, 15) is 9.90 Å². The van der Waals surface area contributed by atoms with Crippen LogP contribution in [0.15, 0.2) is 71.9 Å². The Balaban J connectivity index is 2.06. The Kier molecular flexibility index (Phi) is 4.72. The van der Waals surface area contributed by atoms with Gasteiger partial charge in [-0.25, -0.2) is 4.99 Å². The van der Waals surface area contributed by atoms with Crippen LogP contribution in [0.25, 0.3) is 10.9 Å². The van der Waals surface area contributed by atoms with Gasteiger partial charge in [0.25, 0.3) is 0 Å². The maximum atomic E-state index is 12.3. The molecule has 0 aliphatic heterocycles. The van der Waals surface area contributed by atoms with E-state index in [-0.39, 0.29) is 11.8 Å². The number of carbonyl (C=O) groups excluding carboxylic acids is 1. The molecule has 144 valence electrons. The maximum Gasteiger partial charge on any atom is 0.230 e. The molecular weight excluding hydrogens is 362 g/mol. The smallest absolute Gasteiger partial charge is 0.230 e. The molecule has 2 aromatic heterocycles. The van der Waals surface area contributed by atoms with Gasteiger partial charge in [-0.3, -0.25) is 14.3 Å². The second-order valence-corrected chi connectivity index (χ2v) is 7.06. The molecule has 0 aliphatic rings. The van der Waals surface area contributed by atoms with Crippen molar-refractivity contribution in [1.29, 1.82) is 0 Å². The molecule has 0 saturated carbocycles. The summed E-state index contributed by atoms with van der Waals surface area (Å²) in [6.07, 6.45) is 1.70. The zero-order valence-corrected chi connectivity index (χ0v) is 16.5. The summed E-state index contributed by atoms with van der Waals surface area (Å²) in [5.74, 6) is -0.366. The number of benzene rings is 2. The van der Waals surface area contributed by atoms with Gasteiger partial charge in [0.2, 0.25) is 11.8 Å². The highest BCUT2D eigenvalue weighted by atomic mass is 16.3. The zero-order valence-electron chi connectivity index (χ0n) is 16.5. The van der Waals surface area contributed by atoms with Gasteiger partial charge in [0, 0.05) is 23.6 Å². The summed E-state index contributed by atoms with van der Waals surface area (Å²) in [6.45, 7) is 5.31. The monoisotopic (exact) mass is 383 g/mol. The van der Waals surface area contributed by atoms with Gasteiger partial charge in [-0.2, -0.15) is 0 Å². The fraction of sp³-hybridized carbons (Fsp3) is 0.125. The molecule has 1 N–H and O–H groups in total. The van der Waals surface area contributed by atoms with E-state index >= 15 is 0 Å². The number of aromatic hydroxyl groups is 1. The Hall–Kier alpha value is -3.73. The van der Waals surface area contributed by atoms with Crippen LogP contribution in [0.1, 0.15) is 34.1 Å². The minimum absolute atomic E-state index is 0.110. The van der Waals surface area contributed by atoms with Crippen LogP contribution in [0.2, 0.25) is 0 Å². The number of aryl methyl sites for hydroxylation is 2. The molecule has 4 rings (SSSR count). The van der Waals surface area contributed by atoms with E-state index in [0.717, 1.165) is 22.2 Å². The van der Waals surface area contributed by atoms with E-state index in [1.165, 1.54) is 11.5 Å². The van der Waals surface area contributed by atoms with Gasteiger partial charge in [-0.1, -0.05) is 42.5 Å². The van der Waals surface area contributed by atoms with Gasteiger partial charge in [0.05, 0.1) is 28.7 Å². The SMILES string of the molecule is CC(=O)n1c(O)c(C(=Nc2ccc(C)nc2)c2ccccc2)c2ccc(C)cc21. The van der Waals surface area contributed by atoms with Crippen molar-refractivity contribution >= 4 is 28.2 Å². The Morgan fingerprint density at radius 3 is 2.45 bits per heavy atom. The molecule has 0 fully saturated rings. The lowest BCUT2D eigenvalue weighted by Crippen LogP contribution is -2.06. The molecule has 0 spiro atoms. The lowest BCUT2D eigenvalue weighted by Gasteiger charge is -2.08. The third kappa shape index (κ3) is 3.43. The van der Waals surface area contributed by atoms with Crippen molar-refractivity contribution in [2.45, 2.75) is 20.8 Å². The predicted octanol–water partition coefficient (Wildman–Crippen LogP) is 5.19. The first-order valence-corrected chi connectivity index (χ1v) is 9.38. The molecule has 0 radical (unpaired) electrons. The lowest BCUT2D eigenvalue weighted by molar-refractivity contribution is 0.0933. The van der Waals surface area contributed by atoms with Crippen molar-refractivity contribution in [3.8, 4) is 5.88 Å². The summed E-state index contributed by atoms with van der Waals surface area (Å²) >= 11 is 0. The molecule has 29 heavy (non-hydrogen) atoms. The number of hydrogen-bond donors (Lipinski definition) is 1. The molecule has 5 nitrogen and oxygen atoms in total. The van der Waals surface area contributed by atoms with Crippen molar-refractivity contribution in [3.63, 3.8) is 0 Å². The van der Waals surface area contributed by atoms with Crippen LogP contribution in [-0.4, -0.2) is 26.3 Å². The molecule has 0 aliphatic carbocycles. The number of rotatable bonds is 3. The molecule has 0 saturated heterocycles. The standard InChI is InChI=1S/C24H21N3O2/c1-15-9-12-20-21(13-15)27(17(3)28)24(29)22(20)23(18-7-5-4-6-8-18)26-19-11-10-16(2)25-14-19/h4-14,29H,1-3H3. The quantitative estimate of drug-likeness (QED) is 0.495. The second-order valence-electron chi connectivity index (χ2n) is 7.06. The first kappa shape index (κ1) is 18.6. The van der Waals surface area contributed by atoms with E-state index in [0.29, 0.717) is 22.5 Å². The van der Waals surface area contributed by atoms with E-state index in [1.54, 1.807) is 6.20 Å². The van der Waals surface area contributed by atoms with Crippen molar-refractivity contribution in [3.05, 3.63) is 89.2 Å². The van der Waals surface area contributed by atoms with Crippen molar-refractivity contribution in [2.24, 2.45) is 4.99 Å². The van der Waals surface area contributed by atoms with E-state index < -0.39 is 0 Å². The Morgan fingerprint density at radius 2 is 1.79 bits per heavy atom. The number of hydrogen-bond acceptors (Lipinski definition) is 4. The van der Waals surface area contributed by atoms with Gasteiger partial charge in [-0.15, -0.1) is 0 Å². The summed E-state index contributed by atoms with van der Waals surface area (Å²) in [5, 5.41) is 11.8. The number of pyridine rings is 1. The number of carbonyl (C=O) groups is 1. The van der Waals surface area contributed by atoms with Crippen LogP contribution in [-0.2, 0) is 0 Å². The minimum Gasteiger partial charge on any atom is -0.494 e. The third-order valence-corrected chi connectivity index (χ3v) is 4.83. The van der Waals surface area contributed by atoms with Crippen LogP contribution < -0.4 is 0 Å². The third-order valence-electron chi connectivity index (χ3n) is 4.83. The second kappa shape index (κ2) is 7.36. The molecule has 5 heteroatoms. The fourth-order valence-corrected chi connectivity index (χ4v) is 3.45. The van der Waals surface area contributed by atoms with Gasteiger partial charge < -0.3 is 5.11 Å². The maximum absolute atomic E-state index is 12.3. The van der Waals surface area contributed by atoms with E-state index in [2.05, 4.69) is 4.98 Å². The molecule has 2 heterocycles. The zero-order chi connectivity index (χ0) is 20.5. The summed E-state index contributed by atoms with van der Waals surface area (Å²) < 4.78 is 1.34. The first-order valence-electron chi connectivity index (χ1n) is 9.38. The highest BCUT2D eigenvalue weighted by Gasteiger charge is 2.24. The fourth-order valence-electron chi connectivity index (χ4n) is 3.45. The highest BCUT2D eigenvalue weighted by Crippen LogP contribution is 2.35. The number of aliphatic imine (C=N–C) groups is 1. The number of aromatic nitrogens is 2. The normalized spacial score (nSPS) is 11.8. The van der Waals surface area contributed by atoms with Gasteiger partial charge >= 0.3 is 0 Å². The minimum atomic E-state index is -0.256. The topological polar surface area (TPSA) is 67.5 Å². The Bertz CT molecular complexity index is 1240. The molecule has 0 unspecified atom stereocenters. The molecule has 4 aromatic rings. The van der Waals surface area contributed by atoms with Gasteiger partial charge in [0.1, 0.15) is 0 Å². The van der Waals surface area contributed by atoms with Gasteiger partial charge in [-0.05, 0) is 37.6 Å². The Morgan fingerprint density at radius 1 is 1.03 bits per heavy atom. The average Bonchev–Trinajstić information content (AvgIpc) is 2.99. The van der Waals surface area contributed by atoms with Crippen LogP contribution in [0, 0.1) is 13.8 Å². The predicted molar refractivity (Wildman–Crippen MR) is 115 cm³/mol. The summed E-state index contributed by atoms with van der Waals surface area (Å²) in [7, 11) is 0. The largest absolute Gasteiger partial charge is 0.494 e. The lowest BCUT2D eigenvalue weighted by atomic mass is 10.0. The molecular formula is C24H21N3O2. The molecule has 0 bridgehead atoms. The average molecular weight is 383 g/mol. The molecule has 0 atom stereocenters. The Labute approximate surface area is 169 Å². The van der Waals surface area contributed by atoms with Crippen LogP contribution in [0.4, 0.5) is 5.69 Å². The van der Waals surface area contributed by atoms with Crippen LogP contribution >= 0.6 is 0 Å². The first-order chi connectivity index (χ1) is 14.0. The van der Waals surface area contributed by atoms with E-state index in [4.69, 9.17) is 4.99 Å². The summed E-state index contributed by atoms with van der Waals surface area (Å²) in [4.78, 5) is 21.4. The van der Waals surface area contributed by atoms with Crippen molar-refractivity contribution in [1.82, 2.24) is 9.55 Å². The summed E-state index contributed by atoms with van der Waals surface area (Å²) in [5.41, 5.74) is 5.19. The summed E-state index contributed by atoms with van der Waals surface area (Å²) in [6, 6.07) is 19.2. The van der Waals surface area contributed by atoms with Crippen LogP contribution in [0.5, 0.6) is 5.88 Å². The van der Waals surface area contributed by atoms with Gasteiger partial charge in [0.15, 0.2) is 0 Å². The van der Waals surface area contributed by atoms with Crippen molar-refractivity contribution in [2.75, 3.05) is 0 Å². The van der Waals surface area contributed by atoms with Crippen molar-refractivity contribution < 1.29 is 9.90 Å². The van der Waals surface area contributed by atoms with Crippen LogP contribution in [0.3, 0.4) is 0 Å². The highest BCUT2D eigenvalue weighted by molar-refractivity contribution is 6.23. The molecule has 2 aromatic carbocycles.